The maximum atomic E-state index is 12.4. The first-order valence-electron chi connectivity index (χ1n) is 6.33. The fraction of sp³-hybridized carbons (Fsp3) is 0.667. The summed E-state index contributed by atoms with van der Waals surface area (Å²) < 4.78 is 5.48. The van der Waals surface area contributed by atoms with Crippen LogP contribution in [-0.2, 0) is 14.3 Å². The van der Waals surface area contributed by atoms with Gasteiger partial charge in [0, 0.05) is 11.9 Å². The summed E-state index contributed by atoms with van der Waals surface area (Å²) >= 11 is 0. The van der Waals surface area contributed by atoms with Crippen molar-refractivity contribution in [2.45, 2.75) is 12.2 Å². The number of hydrogen-bond acceptors (Lipinski definition) is 4. The molecule has 3 rings (SSSR count). The first-order valence-corrected chi connectivity index (χ1v) is 6.33. The van der Waals surface area contributed by atoms with Gasteiger partial charge in [0.2, 0.25) is 5.91 Å². The lowest BCUT2D eigenvalue weighted by molar-refractivity contribution is -0.662. The van der Waals surface area contributed by atoms with Crippen molar-refractivity contribution in [2.75, 3.05) is 26.2 Å². The molecule has 2 N–H and O–H groups in total. The average Bonchev–Trinajstić information content (AvgIpc) is 2.99. The molecule has 4 atom stereocenters. The highest BCUT2D eigenvalue weighted by atomic mass is 16.5. The molecule has 3 aliphatic heterocycles. The van der Waals surface area contributed by atoms with Crippen molar-refractivity contribution in [3.05, 3.63) is 12.2 Å². The van der Waals surface area contributed by atoms with Gasteiger partial charge in [0.15, 0.2) is 0 Å². The van der Waals surface area contributed by atoms with Crippen LogP contribution in [0.25, 0.3) is 0 Å². The maximum Gasteiger partial charge on any atom is 0.229 e. The number of piperazine rings is 1. The summed E-state index contributed by atoms with van der Waals surface area (Å²) in [6.07, 6.45) is 2.63. The Hall–Kier alpha value is -1.40. The second-order valence-electron chi connectivity index (χ2n) is 5.01. The van der Waals surface area contributed by atoms with Crippen LogP contribution in [0, 0.1) is 11.8 Å². The Morgan fingerprint density at radius 3 is 2.39 bits per heavy atom. The smallest absolute Gasteiger partial charge is 0.229 e. The van der Waals surface area contributed by atoms with Gasteiger partial charge >= 0.3 is 0 Å². The minimum Gasteiger partial charge on any atom is -0.550 e. The number of ether oxygens (including phenoxy) is 1. The summed E-state index contributed by atoms with van der Waals surface area (Å²) in [6, 6.07) is 0. The fourth-order valence-electron chi connectivity index (χ4n) is 3.07. The predicted octanol–water partition coefficient (Wildman–Crippen LogP) is -3.29. The Labute approximate surface area is 105 Å². The highest BCUT2D eigenvalue weighted by molar-refractivity contribution is 5.86. The lowest BCUT2D eigenvalue weighted by Crippen LogP contribution is -2.90. The Morgan fingerprint density at radius 1 is 1.17 bits per heavy atom. The molecule has 2 fully saturated rings. The van der Waals surface area contributed by atoms with E-state index in [1.54, 1.807) is 17.1 Å². The third kappa shape index (κ3) is 1.72. The van der Waals surface area contributed by atoms with Crippen LogP contribution < -0.4 is 10.4 Å². The number of amides is 1. The van der Waals surface area contributed by atoms with E-state index in [-0.39, 0.29) is 5.91 Å². The van der Waals surface area contributed by atoms with Crippen molar-refractivity contribution < 1.29 is 24.7 Å². The zero-order valence-electron chi connectivity index (χ0n) is 9.95. The van der Waals surface area contributed by atoms with Gasteiger partial charge < -0.3 is 24.9 Å². The largest absolute Gasteiger partial charge is 0.550 e. The number of aliphatic carboxylic acids is 1. The molecule has 1 amide bonds. The number of hydrogen-bond donors (Lipinski definition) is 1. The summed E-state index contributed by atoms with van der Waals surface area (Å²) in [5, 5.41) is 13.3. The maximum absolute atomic E-state index is 12.4. The SMILES string of the molecule is O=C([O-])C1C2C=CC(O2)C1C(=O)N1CC[NH2+]CC1. The summed E-state index contributed by atoms with van der Waals surface area (Å²) in [5.41, 5.74) is 0. The van der Waals surface area contributed by atoms with Crippen molar-refractivity contribution in [2.24, 2.45) is 11.8 Å². The number of nitrogens with two attached hydrogens (primary N) is 1. The van der Waals surface area contributed by atoms with E-state index in [0.717, 1.165) is 13.1 Å². The first-order chi connectivity index (χ1) is 8.68. The van der Waals surface area contributed by atoms with Crippen LogP contribution in [0.4, 0.5) is 0 Å². The molecule has 0 aromatic rings. The molecule has 98 valence electrons. The summed E-state index contributed by atoms with van der Waals surface area (Å²) in [6.45, 7) is 3.10. The molecule has 18 heavy (non-hydrogen) atoms. The Balaban J connectivity index is 1.79. The van der Waals surface area contributed by atoms with Gasteiger partial charge in [-0.2, -0.15) is 0 Å². The van der Waals surface area contributed by atoms with Crippen molar-refractivity contribution in [1.29, 1.82) is 0 Å². The van der Waals surface area contributed by atoms with Crippen LogP contribution in [0.2, 0.25) is 0 Å². The number of quaternary nitrogens is 1. The minimum absolute atomic E-state index is 0.103. The topological polar surface area (TPSA) is 86.3 Å². The van der Waals surface area contributed by atoms with Gasteiger partial charge in [0.1, 0.15) is 0 Å². The molecule has 3 heterocycles. The Kier molecular flexibility index (Phi) is 2.83. The number of carbonyl (C=O) groups is 2. The predicted molar refractivity (Wildman–Crippen MR) is 58.0 cm³/mol. The van der Waals surface area contributed by atoms with Crippen LogP contribution >= 0.6 is 0 Å². The number of rotatable bonds is 2. The van der Waals surface area contributed by atoms with E-state index in [2.05, 4.69) is 5.32 Å². The normalized spacial score (nSPS) is 38.1. The molecule has 4 unspecified atom stereocenters. The third-order valence-corrected chi connectivity index (χ3v) is 3.97. The zero-order chi connectivity index (χ0) is 12.7. The quantitative estimate of drug-likeness (QED) is 0.522. The lowest BCUT2D eigenvalue weighted by atomic mass is 9.82. The van der Waals surface area contributed by atoms with Gasteiger partial charge in [-0.3, -0.25) is 4.79 Å². The molecular formula is C12H16N2O4. The van der Waals surface area contributed by atoms with Gasteiger partial charge in [-0.05, 0) is 0 Å². The molecule has 2 bridgehead atoms. The monoisotopic (exact) mass is 252 g/mol. The highest BCUT2D eigenvalue weighted by Crippen LogP contribution is 2.39. The molecule has 0 radical (unpaired) electrons. The molecule has 0 aromatic heterocycles. The van der Waals surface area contributed by atoms with Gasteiger partial charge in [0.05, 0.1) is 44.3 Å². The molecule has 6 heteroatoms. The van der Waals surface area contributed by atoms with E-state index in [1.165, 1.54) is 0 Å². The molecule has 0 aromatic carbocycles. The molecule has 0 spiro atoms. The van der Waals surface area contributed by atoms with E-state index < -0.39 is 30.0 Å². The Morgan fingerprint density at radius 2 is 1.78 bits per heavy atom. The van der Waals surface area contributed by atoms with Gasteiger partial charge in [0.25, 0.3) is 0 Å². The van der Waals surface area contributed by atoms with Gasteiger partial charge in [-0.15, -0.1) is 0 Å². The van der Waals surface area contributed by atoms with Crippen LogP contribution in [0.1, 0.15) is 0 Å². The van der Waals surface area contributed by atoms with Crippen LogP contribution in [0.5, 0.6) is 0 Å². The molecule has 0 saturated carbocycles. The van der Waals surface area contributed by atoms with E-state index >= 15 is 0 Å². The standard InChI is InChI=1S/C12H16N2O4/c15-11(14-5-3-13-4-6-14)9-7-1-2-8(18-7)10(9)12(16)17/h1-2,7-10,13H,3-6H2,(H,16,17). The lowest BCUT2D eigenvalue weighted by Gasteiger charge is -2.32. The number of nitrogens with zero attached hydrogens (tertiary/aromatic N) is 1. The van der Waals surface area contributed by atoms with Crippen molar-refractivity contribution in [3.63, 3.8) is 0 Å². The first kappa shape index (κ1) is 11.7. The summed E-state index contributed by atoms with van der Waals surface area (Å²) in [7, 11) is 0. The molecule has 2 saturated heterocycles. The van der Waals surface area contributed by atoms with Crippen molar-refractivity contribution in [1.82, 2.24) is 4.90 Å². The summed E-state index contributed by atoms with van der Waals surface area (Å²) in [5.74, 6) is -2.73. The number of fused-ring (bicyclic) bond motifs is 2. The van der Waals surface area contributed by atoms with Crippen LogP contribution in [0.3, 0.4) is 0 Å². The average molecular weight is 252 g/mol. The number of carboxylic acid groups (broad SMARTS) is 1. The number of carboxylic acids is 1. The fourth-order valence-corrected chi connectivity index (χ4v) is 3.07. The minimum atomic E-state index is -1.19. The van der Waals surface area contributed by atoms with Crippen LogP contribution in [0.15, 0.2) is 12.2 Å². The third-order valence-electron chi connectivity index (χ3n) is 3.97. The van der Waals surface area contributed by atoms with Gasteiger partial charge in [-0.1, -0.05) is 12.2 Å². The molecule has 3 aliphatic rings. The van der Waals surface area contributed by atoms with E-state index in [4.69, 9.17) is 4.74 Å². The molecule has 0 aliphatic carbocycles. The van der Waals surface area contributed by atoms with Crippen LogP contribution in [-0.4, -0.2) is 55.2 Å². The molecule has 6 nitrogen and oxygen atoms in total. The zero-order valence-corrected chi connectivity index (χ0v) is 9.95. The van der Waals surface area contributed by atoms with E-state index in [1.807, 2.05) is 0 Å². The summed E-state index contributed by atoms with van der Waals surface area (Å²) in [4.78, 5) is 25.3. The van der Waals surface area contributed by atoms with Crippen molar-refractivity contribution >= 4 is 11.9 Å². The second-order valence-corrected chi connectivity index (χ2v) is 5.01. The second kappa shape index (κ2) is 4.37. The Bertz CT molecular complexity index is 403. The number of carbonyl (C=O) groups excluding carboxylic acids is 2. The van der Waals surface area contributed by atoms with E-state index in [0.29, 0.717) is 13.1 Å². The highest BCUT2D eigenvalue weighted by Gasteiger charge is 2.51. The van der Waals surface area contributed by atoms with Crippen molar-refractivity contribution in [3.8, 4) is 0 Å². The van der Waals surface area contributed by atoms with Gasteiger partial charge in [-0.25, -0.2) is 0 Å². The van der Waals surface area contributed by atoms with E-state index in [9.17, 15) is 14.7 Å². The molecular weight excluding hydrogens is 236 g/mol.